The van der Waals surface area contributed by atoms with Crippen molar-refractivity contribution in [1.82, 2.24) is 28.7 Å². The van der Waals surface area contributed by atoms with E-state index in [0.29, 0.717) is 17.7 Å². The zero-order valence-electron chi connectivity index (χ0n) is 56.0. The van der Waals surface area contributed by atoms with Gasteiger partial charge in [-0.1, -0.05) is 173 Å². The van der Waals surface area contributed by atoms with Crippen molar-refractivity contribution in [3.63, 3.8) is 0 Å². The average molecular weight is 1310 g/mol. The predicted molar refractivity (Wildman–Crippen MR) is 416 cm³/mol. The van der Waals surface area contributed by atoms with Crippen molar-refractivity contribution in [3.05, 3.63) is 301 Å². The number of furan rings is 3. The Bertz CT molecular complexity index is 7040. The predicted octanol–water partition coefficient (Wildman–Crippen LogP) is 24.5. The van der Waals surface area contributed by atoms with Crippen LogP contribution in [-0.4, -0.2) is 28.7 Å². The number of hydrogen-bond acceptors (Lipinski definition) is 6. The lowest BCUT2D eigenvalue weighted by atomic mass is 9.74. The van der Waals surface area contributed by atoms with Crippen molar-refractivity contribution in [2.24, 2.45) is 0 Å². The molecule has 102 heavy (non-hydrogen) atoms. The largest absolute Gasteiger partial charge is 0.456 e. The fourth-order valence-corrected chi connectivity index (χ4v) is 17.9. The minimum Gasteiger partial charge on any atom is -0.456 e. The van der Waals surface area contributed by atoms with Crippen LogP contribution in [0, 0.1) is 0 Å². The van der Waals surface area contributed by atoms with Crippen LogP contribution in [0.2, 0.25) is 0 Å². The summed E-state index contributed by atoms with van der Waals surface area (Å²) in [6.45, 7) is 9.62. The van der Waals surface area contributed by atoms with Gasteiger partial charge in [0.05, 0.1) is 33.1 Å². The molecule has 14 aromatic carbocycles. The average Bonchev–Trinajstić information content (AvgIpc) is 1.50. The van der Waals surface area contributed by atoms with Gasteiger partial charge < -0.3 is 17.8 Å². The molecular formula is C93H58N6O3. The lowest BCUT2D eigenvalue weighted by Crippen LogP contribution is -2.22. The summed E-state index contributed by atoms with van der Waals surface area (Å²) in [6.07, 6.45) is 0. The molecule has 0 saturated carbocycles. The molecule has 0 aliphatic heterocycles. The van der Waals surface area contributed by atoms with Crippen LogP contribution in [0.5, 0.6) is 0 Å². The van der Waals surface area contributed by atoms with Crippen LogP contribution >= 0.6 is 0 Å². The summed E-state index contributed by atoms with van der Waals surface area (Å²) in [4.78, 5) is 17.2. The molecular weight excluding hydrogens is 1250 g/mol. The van der Waals surface area contributed by atoms with Crippen LogP contribution in [0.25, 0.3) is 205 Å². The second-order valence-corrected chi connectivity index (χ2v) is 29.1. The van der Waals surface area contributed by atoms with E-state index in [2.05, 4.69) is 284 Å². The van der Waals surface area contributed by atoms with Crippen molar-refractivity contribution < 1.29 is 13.3 Å². The number of fused-ring (bicyclic) bond motifs is 18. The quantitative estimate of drug-likeness (QED) is 0.158. The highest BCUT2D eigenvalue weighted by Crippen LogP contribution is 2.62. The second-order valence-electron chi connectivity index (χ2n) is 29.1. The van der Waals surface area contributed by atoms with Gasteiger partial charge in [-0.2, -0.15) is 15.0 Å². The highest BCUT2D eigenvalue weighted by molar-refractivity contribution is 6.15. The topological polar surface area (TPSA) is 92.9 Å². The van der Waals surface area contributed by atoms with Gasteiger partial charge in [0, 0.05) is 86.7 Å². The van der Waals surface area contributed by atoms with Crippen molar-refractivity contribution in [2.75, 3.05) is 0 Å². The van der Waals surface area contributed by atoms with E-state index in [9.17, 15) is 0 Å². The fourth-order valence-electron chi connectivity index (χ4n) is 17.9. The number of benzene rings is 14. The molecule has 0 saturated heterocycles. The number of aromatic nitrogens is 6. The minimum atomic E-state index is -0.406. The molecule has 0 radical (unpaired) electrons. The summed E-state index contributed by atoms with van der Waals surface area (Å²) in [5, 5.41) is 13.5. The third kappa shape index (κ3) is 7.58. The minimum absolute atomic E-state index is 0.406. The Morgan fingerprint density at radius 3 is 0.902 bits per heavy atom. The molecule has 0 bridgehead atoms. The Labute approximate surface area is 583 Å². The highest BCUT2D eigenvalue weighted by Gasteiger charge is 2.48. The Balaban J connectivity index is 0.703. The maximum absolute atomic E-state index is 6.30. The molecule has 0 amide bonds. The van der Waals surface area contributed by atoms with Gasteiger partial charge in [-0.05, 0) is 200 Å². The van der Waals surface area contributed by atoms with Crippen LogP contribution in [0.3, 0.4) is 0 Å². The third-order valence-electron chi connectivity index (χ3n) is 22.9. The van der Waals surface area contributed by atoms with Crippen LogP contribution in [0.1, 0.15) is 49.9 Å². The molecule has 2 aliphatic rings. The molecule has 478 valence electrons. The van der Waals surface area contributed by atoms with Gasteiger partial charge in [-0.25, -0.2) is 0 Å². The van der Waals surface area contributed by atoms with Gasteiger partial charge in [0.2, 0.25) is 11.9 Å². The van der Waals surface area contributed by atoms with Gasteiger partial charge in [0.1, 0.15) is 33.5 Å². The number of para-hydroxylation sites is 6. The number of rotatable bonds is 7. The van der Waals surface area contributed by atoms with E-state index in [4.69, 9.17) is 28.2 Å². The van der Waals surface area contributed by atoms with E-state index in [-0.39, 0.29) is 0 Å². The first-order chi connectivity index (χ1) is 50.0. The number of hydrogen-bond donors (Lipinski definition) is 0. The van der Waals surface area contributed by atoms with Crippen molar-refractivity contribution >= 4 is 131 Å². The van der Waals surface area contributed by atoms with E-state index < -0.39 is 10.8 Å². The first-order valence-electron chi connectivity index (χ1n) is 35.0. The van der Waals surface area contributed by atoms with Crippen molar-refractivity contribution in [1.29, 1.82) is 0 Å². The Morgan fingerprint density at radius 2 is 0.520 bits per heavy atom. The molecule has 7 aromatic heterocycles. The van der Waals surface area contributed by atoms with Crippen LogP contribution < -0.4 is 0 Å². The van der Waals surface area contributed by atoms with Crippen molar-refractivity contribution in [3.8, 4) is 73.5 Å². The lowest BCUT2D eigenvalue weighted by molar-refractivity contribution is 0.629. The SMILES string of the molecule is CC1(C)c2cc(-c3nc(-n4c5ccccc5c5cc(-c6ccc7oc8ccccc8c7c6)ccc54)nc(-n4c5ccccc5c5cc(-c6ccc7oc8ccccc8c7c6)ccc54)n3)cc3c2-c2c1cc(-n1c4ccccc4c4cc(-c5ccc6oc7ccccc7c6c5)ccc41)cc2C3(C)C. The van der Waals surface area contributed by atoms with Crippen molar-refractivity contribution in [2.45, 2.75) is 38.5 Å². The lowest BCUT2D eigenvalue weighted by Gasteiger charge is -2.30. The Hall–Kier alpha value is -13.1. The smallest absolute Gasteiger partial charge is 0.240 e. The van der Waals surface area contributed by atoms with E-state index >= 15 is 0 Å². The molecule has 0 spiro atoms. The number of nitrogens with zero attached hydrogens (tertiary/aromatic N) is 6. The summed E-state index contributed by atoms with van der Waals surface area (Å²) < 4.78 is 25.9. The standard InChI is InChI=1S/C93H58N6O3/c1-92(2)71-47-57(48-72-87(71)88-73(92)49-58(50-74(88)93(72,3)4)97-75-23-11-5-17-59(75)65-41-51(29-35-78(65)97)54-32-38-84-68(44-54)62-20-8-14-26-81(62)100-84)89-94-90(98-76-24-12-6-18-60(76)66-42-52(30-36-79(66)98)55-33-39-85-69(45-55)63-21-9-15-27-82(63)101-85)96-91(95-89)99-77-25-13-7-19-61(77)67-43-53(31-37-80(67)99)56-34-40-86-70(46-56)64-22-10-16-28-83(64)102-86/h5-50H,1-4H3. The molecule has 0 unspecified atom stereocenters. The molecule has 2 aliphatic carbocycles. The molecule has 9 nitrogen and oxygen atoms in total. The Kier molecular flexibility index (Phi) is 10.9. The third-order valence-corrected chi connectivity index (χ3v) is 22.9. The summed E-state index contributed by atoms with van der Waals surface area (Å²) in [5.41, 5.74) is 27.5. The highest BCUT2D eigenvalue weighted by atomic mass is 16.3. The summed E-state index contributed by atoms with van der Waals surface area (Å²) >= 11 is 0. The molecule has 23 rings (SSSR count). The first kappa shape index (κ1) is 55.8. The van der Waals surface area contributed by atoms with Gasteiger partial charge in [0.15, 0.2) is 5.82 Å². The molecule has 0 N–H and O–H groups in total. The first-order valence-corrected chi connectivity index (χ1v) is 35.0. The normalized spacial score (nSPS) is 13.8. The summed E-state index contributed by atoms with van der Waals surface area (Å²) in [6, 6.07) is 101. The zero-order chi connectivity index (χ0) is 67.2. The van der Waals surface area contributed by atoms with Gasteiger partial charge in [-0.3, -0.25) is 9.13 Å². The van der Waals surface area contributed by atoms with Crippen LogP contribution in [-0.2, 0) is 10.8 Å². The zero-order valence-corrected chi connectivity index (χ0v) is 56.0. The van der Waals surface area contributed by atoms with Gasteiger partial charge in [0.25, 0.3) is 0 Å². The maximum atomic E-state index is 6.30. The maximum Gasteiger partial charge on any atom is 0.240 e. The monoisotopic (exact) mass is 1310 g/mol. The van der Waals surface area contributed by atoms with E-state index in [1.54, 1.807) is 0 Å². The molecule has 0 atom stereocenters. The molecule has 21 aromatic rings. The van der Waals surface area contributed by atoms with E-state index in [1.165, 1.54) is 60.8 Å². The Morgan fingerprint density at radius 1 is 0.235 bits per heavy atom. The van der Waals surface area contributed by atoms with E-state index in [0.717, 1.165) is 148 Å². The molecule has 0 fully saturated rings. The second kappa shape index (κ2) is 19.8. The van der Waals surface area contributed by atoms with Gasteiger partial charge in [-0.15, -0.1) is 0 Å². The summed E-state index contributed by atoms with van der Waals surface area (Å²) in [5.74, 6) is 1.65. The summed E-state index contributed by atoms with van der Waals surface area (Å²) in [7, 11) is 0. The molecule has 7 heterocycles. The van der Waals surface area contributed by atoms with E-state index in [1.807, 2.05) is 36.4 Å². The van der Waals surface area contributed by atoms with Gasteiger partial charge >= 0.3 is 0 Å². The van der Waals surface area contributed by atoms with Crippen LogP contribution in [0.15, 0.2) is 292 Å². The fraction of sp³-hybridized carbons (Fsp3) is 0.0645. The van der Waals surface area contributed by atoms with Crippen LogP contribution in [0.4, 0.5) is 0 Å². The molecule has 9 heteroatoms.